The number of carbonyl (C=O) groups excluding carboxylic acids is 2. The molecule has 3 heteroatoms. The Bertz CT molecular complexity index is 4070. The fraction of sp³-hybridized carbons (Fsp3) is 0.0667. The van der Waals surface area contributed by atoms with Gasteiger partial charge in [-0.1, -0.05) is 146 Å². The highest BCUT2D eigenvalue weighted by Gasteiger charge is 2.45. The van der Waals surface area contributed by atoms with E-state index in [-0.39, 0.29) is 35.2 Å². The predicted molar refractivity (Wildman–Crippen MR) is 254 cm³/mol. The second-order valence-electron chi connectivity index (χ2n) is 18.4. The molecule has 0 atom stereocenters. The van der Waals surface area contributed by atoms with Crippen LogP contribution in [0.5, 0.6) is 0 Å². The maximum Gasteiger partial charge on any atom is 0.175 e. The van der Waals surface area contributed by atoms with Gasteiger partial charge >= 0.3 is 0 Å². The Kier molecular flexibility index (Phi) is 5.80. The standard InChI is InChI=1S/C60H33NO2/c62-59-47-28-50-42(25-44(47)52-34-17-5-9-21-38(34)55(59)39-22-10-6-18-35(39)52)46-26-43-32-15-2-1-13-30(32)31-14-3-4-16-33(31)54(43)57-49-27-45-48(29-51(49)61(50)58(46)57)60(63)56-40-23-11-7-19-36(40)53(45)37-20-8-12-24-41(37)56/h1-29,52-53,55-56H. The molecular formula is C60H33NO2. The monoisotopic (exact) mass is 799 g/mol. The average Bonchev–Trinajstić information content (AvgIpc) is 3.69. The van der Waals surface area contributed by atoms with E-state index in [0.717, 1.165) is 71.8 Å². The molecule has 4 bridgehead atoms. The number of hydrogen-bond acceptors (Lipinski definition) is 2. The summed E-state index contributed by atoms with van der Waals surface area (Å²) < 4.78 is 2.42. The number of fused-ring (bicyclic) bond motifs is 13. The molecule has 2 heterocycles. The zero-order valence-electron chi connectivity index (χ0n) is 33.8. The summed E-state index contributed by atoms with van der Waals surface area (Å²) >= 11 is 0. The summed E-state index contributed by atoms with van der Waals surface area (Å²) in [5.74, 6) is -0.590. The molecule has 290 valence electrons. The second-order valence-corrected chi connectivity index (χ2v) is 18.4. The Morgan fingerprint density at radius 2 is 0.651 bits per heavy atom. The molecule has 63 heavy (non-hydrogen) atoms. The van der Waals surface area contributed by atoms with E-state index in [0.29, 0.717) is 0 Å². The molecule has 6 aliphatic rings. The molecule has 0 saturated carbocycles. The average molecular weight is 800 g/mol. The van der Waals surface area contributed by atoms with E-state index in [9.17, 15) is 0 Å². The van der Waals surface area contributed by atoms with Gasteiger partial charge in [0.2, 0.25) is 0 Å². The molecule has 3 nitrogen and oxygen atoms in total. The molecule has 0 aliphatic heterocycles. The van der Waals surface area contributed by atoms with Gasteiger partial charge in [-0.2, -0.15) is 0 Å². The molecule has 18 rings (SSSR count). The lowest BCUT2D eigenvalue weighted by atomic mass is 9.72. The Morgan fingerprint density at radius 1 is 0.286 bits per heavy atom. The van der Waals surface area contributed by atoms with Crippen molar-refractivity contribution in [1.82, 2.24) is 4.40 Å². The highest BCUT2D eigenvalue weighted by Crippen LogP contribution is 2.56. The number of rotatable bonds is 0. The van der Waals surface area contributed by atoms with Crippen LogP contribution in [0.25, 0.3) is 70.4 Å². The third kappa shape index (κ3) is 3.75. The summed E-state index contributed by atoms with van der Waals surface area (Å²) in [4.78, 5) is 30.7. The van der Waals surface area contributed by atoms with Crippen molar-refractivity contribution in [2.45, 2.75) is 23.7 Å². The molecule has 6 aliphatic carbocycles. The van der Waals surface area contributed by atoms with Gasteiger partial charge in [-0.3, -0.25) is 9.59 Å². The van der Waals surface area contributed by atoms with E-state index in [1.165, 1.54) is 65.3 Å². The first-order valence-corrected chi connectivity index (χ1v) is 22.1. The second kappa shape index (κ2) is 11.1. The summed E-state index contributed by atoms with van der Waals surface area (Å²) in [7, 11) is 0. The molecule has 0 saturated heterocycles. The number of nitrogens with zero attached hydrogens (tertiary/aromatic N) is 1. The molecule has 0 unspecified atom stereocenters. The lowest BCUT2D eigenvalue weighted by Crippen LogP contribution is -2.19. The molecule has 0 fully saturated rings. The van der Waals surface area contributed by atoms with Gasteiger partial charge in [0.05, 0.1) is 28.4 Å². The van der Waals surface area contributed by atoms with Crippen LogP contribution in [0.4, 0.5) is 0 Å². The van der Waals surface area contributed by atoms with Crippen molar-refractivity contribution >= 4 is 82.0 Å². The lowest BCUT2D eigenvalue weighted by Gasteiger charge is -2.30. The SMILES string of the molecule is O=C1c2cc3c(cc2C2c4ccccc4C1c1ccccc12)c1cc2c4ccccc4c4ccccc4c2c2c4cc5c(cc4n3c12)C(=O)C1c2ccccc2C5c2ccccc21. The van der Waals surface area contributed by atoms with Gasteiger partial charge in [-0.05, 0) is 113 Å². The summed E-state index contributed by atoms with van der Waals surface area (Å²) in [6.07, 6.45) is 0. The minimum absolute atomic E-state index is 0.0649. The first kappa shape index (κ1) is 32.8. The fourth-order valence-electron chi connectivity index (χ4n) is 13.4. The van der Waals surface area contributed by atoms with Gasteiger partial charge in [-0.15, -0.1) is 0 Å². The quantitative estimate of drug-likeness (QED) is 0.143. The van der Waals surface area contributed by atoms with Gasteiger partial charge < -0.3 is 4.40 Å². The van der Waals surface area contributed by atoms with E-state index >= 15 is 9.59 Å². The molecule has 0 spiro atoms. The number of benzene rings is 10. The van der Waals surface area contributed by atoms with Crippen LogP contribution in [-0.4, -0.2) is 16.0 Å². The lowest BCUT2D eigenvalue weighted by molar-refractivity contribution is 0.0966. The summed E-state index contributed by atoms with van der Waals surface area (Å²) in [6, 6.07) is 63.7. The van der Waals surface area contributed by atoms with Gasteiger partial charge in [0.1, 0.15) is 0 Å². The Morgan fingerprint density at radius 3 is 1.13 bits per heavy atom. The summed E-state index contributed by atoms with van der Waals surface area (Å²) in [5, 5.41) is 12.0. The number of ketones is 2. The molecule has 2 aromatic heterocycles. The first-order chi connectivity index (χ1) is 31.1. The fourth-order valence-corrected chi connectivity index (χ4v) is 13.4. The van der Waals surface area contributed by atoms with Crippen molar-refractivity contribution in [1.29, 1.82) is 0 Å². The largest absolute Gasteiger partial charge is 0.308 e. The van der Waals surface area contributed by atoms with Crippen molar-refractivity contribution in [3.05, 3.63) is 243 Å². The first-order valence-electron chi connectivity index (χ1n) is 22.1. The predicted octanol–water partition coefficient (Wildman–Crippen LogP) is 13.9. The Hall–Kier alpha value is -7.88. The van der Waals surface area contributed by atoms with Crippen molar-refractivity contribution in [2.75, 3.05) is 0 Å². The van der Waals surface area contributed by atoms with Gasteiger partial charge in [0.15, 0.2) is 11.6 Å². The topological polar surface area (TPSA) is 38.5 Å². The molecule has 10 aromatic carbocycles. The van der Waals surface area contributed by atoms with Crippen LogP contribution < -0.4 is 0 Å². The number of hydrogen-bond donors (Lipinski definition) is 0. The highest BCUT2D eigenvalue weighted by molar-refractivity contribution is 6.40. The third-order valence-electron chi connectivity index (χ3n) is 15.8. The van der Waals surface area contributed by atoms with Gasteiger partial charge in [0, 0.05) is 49.9 Å². The summed E-state index contributed by atoms with van der Waals surface area (Å²) in [6.45, 7) is 0. The minimum atomic E-state index is -0.374. The molecule has 0 N–H and O–H groups in total. The zero-order valence-corrected chi connectivity index (χ0v) is 33.8. The normalized spacial score (nSPS) is 19.2. The van der Waals surface area contributed by atoms with Crippen molar-refractivity contribution in [3.63, 3.8) is 0 Å². The minimum Gasteiger partial charge on any atom is -0.308 e. The van der Waals surface area contributed by atoms with Crippen molar-refractivity contribution in [3.8, 4) is 0 Å². The Balaban J connectivity index is 1.12. The van der Waals surface area contributed by atoms with E-state index < -0.39 is 0 Å². The molecule has 0 amide bonds. The van der Waals surface area contributed by atoms with Gasteiger partial charge in [-0.25, -0.2) is 0 Å². The van der Waals surface area contributed by atoms with E-state index in [1.54, 1.807) is 0 Å². The number of carbonyl (C=O) groups is 2. The maximum absolute atomic E-state index is 15.4. The van der Waals surface area contributed by atoms with Crippen LogP contribution in [0.3, 0.4) is 0 Å². The highest BCUT2D eigenvalue weighted by atomic mass is 16.1. The van der Waals surface area contributed by atoms with Crippen LogP contribution in [0.1, 0.15) is 100 Å². The van der Waals surface area contributed by atoms with Crippen LogP contribution in [-0.2, 0) is 0 Å². The third-order valence-corrected chi connectivity index (χ3v) is 15.8. The molecule has 12 aromatic rings. The zero-order chi connectivity index (χ0) is 41.0. The van der Waals surface area contributed by atoms with Crippen LogP contribution in [0.2, 0.25) is 0 Å². The maximum atomic E-state index is 15.4. The smallest absolute Gasteiger partial charge is 0.175 e. The van der Waals surface area contributed by atoms with E-state index in [1.807, 2.05) is 0 Å². The van der Waals surface area contributed by atoms with Crippen LogP contribution >= 0.6 is 0 Å². The van der Waals surface area contributed by atoms with Gasteiger partial charge in [0.25, 0.3) is 0 Å². The van der Waals surface area contributed by atoms with E-state index in [2.05, 4.69) is 180 Å². The number of Topliss-reactive ketones (excluding diaryl/α,β-unsaturated/α-hetero) is 2. The Labute approximate surface area is 360 Å². The van der Waals surface area contributed by atoms with Crippen LogP contribution in [0.15, 0.2) is 176 Å². The van der Waals surface area contributed by atoms with E-state index in [4.69, 9.17) is 0 Å². The number of aromatic nitrogens is 1. The molecular weight excluding hydrogens is 767 g/mol. The van der Waals surface area contributed by atoms with Crippen molar-refractivity contribution < 1.29 is 9.59 Å². The van der Waals surface area contributed by atoms with Crippen molar-refractivity contribution in [2.24, 2.45) is 0 Å². The molecule has 0 radical (unpaired) electrons. The van der Waals surface area contributed by atoms with Crippen LogP contribution in [0, 0.1) is 0 Å². The summed E-state index contributed by atoms with van der Waals surface area (Å²) in [5.41, 5.74) is 16.2.